The van der Waals surface area contributed by atoms with Crippen molar-refractivity contribution in [2.75, 3.05) is 0 Å². The molecule has 2 N–H and O–H groups in total. The molecule has 0 aromatic heterocycles. The summed E-state index contributed by atoms with van der Waals surface area (Å²) in [5.74, 6) is -0.339. The summed E-state index contributed by atoms with van der Waals surface area (Å²) in [7, 11) is 0. The summed E-state index contributed by atoms with van der Waals surface area (Å²) >= 11 is 0. The summed E-state index contributed by atoms with van der Waals surface area (Å²) in [5.41, 5.74) is 2.07. The molecule has 5 nitrogen and oxygen atoms in total. The lowest BCUT2D eigenvalue weighted by Gasteiger charge is -1.93. The van der Waals surface area contributed by atoms with E-state index in [1.165, 1.54) is 6.21 Å². The van der Waals surface area contributed by atoms with E-state index >= 15 is 0 Å². The van der Waals surface area contributed by atoms with Crippen LogP contribution in [0.1, 0.15) is 6.42 Å². The zero-order chi connectivity index (χ0) is 6.69. The van der Waals surface area contributed by atoms with E-state index in [-0.39, 0.29) is 12.3 Å². The highest BCUT2D eigenvalue weighted by atomic mass is 16.2. The van der Waals surface area contributed by atoms with Crippen molar-refractivity contribution in [3.05, 3.63) is 0 Å². The number of hydrazone groups is 1. The van der Waals surface area contributed by atoms with Gasteiger partial charge in [-0.1, -0.05) is 0 Å². The van der Waals surface area contributed by atoms with E-state index in [2.05, 4.69) is 10.5 Å². The van der Waals surface area contributed by atoms with Gasteiger partial charge in [-0.05, 0) is 0 Å². The first-order chi connectivity index (χ1) is 4.29. The van der Waals surface area contributed by atoms with E-state index < -0.39 is 6.03 Å². The molecule has 3 amide bonds. The fraction of sp³-hybridized carbons (Fsp3) is 0.250. The second kappa shape index (κ2) is 2.25. The standard InChI is InChI=1S/C4H5N3O2/c8-3-1-2-5-7-4(9)6-3/h2H,1H2,(H2,6,7,8,9). The van der Waals surface area contributed by atoms with Gasteiger partial charge in [0.25, 0.3) is 0 Å². The fourth-order valence-electron chi connectivity index (χ4n) is 0.438. The third-order valence-electron chi connectivity index (χ3n) is 0.787. The molecule has 1 aliphatic rings. The van der Waals surface area contributed by atoms with Crippen LogP contribution in [0, 0.1) is 0 Å². The lowest BCUT2D eigenvalue weighted by molar-refractivity contribution is -0.118. The van der Waals surface area contributed by atoms with Crippen molar-refractivity contribution in [3.8, 4) is 0 Å². The molecule has 0 bridgehead atoms. The van der Waals surface area contributed by atoms with Crippen LogP contribution in [0.2, 0.25) is 0 Å². The zero-order valence-electron chi connectivity index (χ0n) is 4.55. The third-order valence-corrected chi connectivity index (χ3v) is 0.787. The van der Waals surface area contributed by atoms with Crippen LogP contribution in [0.4, 0.5) is 4.79 Å². The number of urea groups is 1. The van der Waals surface area contributed by atoms with Crippen LogP contribution in [-0.4, -0.2) is 18.2 Å². The second-order valence-electron chi connectivity index (χ2n) is 1.50. The molecule has 0 atom stereocenters. The topological polar surface area (TPSA) is 70.6 Å². The molecular weight excluding hydrogens is 122 g/mol. The number of nitrogens with one attached hydrogen (secondary N) is 2. The Morgan fingerprint density at radius 2 is 2.33 bits per heavy atom. The molecule has 9 heavy (non-hydrogen) atoms. The van der Waals surface area contributed by atoms with E-state index in [0.29, 0.717) is 0 Å². The van der Waals surface area contributed by atoms with Crippen molar-refractivity contribution >= 4 is 18.2 Å². The molecule has 0 saturated heterocycles. The number of imide groups is 1. The van der Waals surface area contributed by atoms with Crippen LogP contribution >= 0.6 is 0 Å². The van der Waals surface area contributed by atoms with E-state index in [1.54, 1.807) is 0 Å². The minimum absolute atomic E-state index is 0.152. The Bertz CT molecular complexity index is 157. The molecule has 1 heterocycles. The number of nitrogens with zero attached hydrogens (tertiary/aromatic N) is 1. The van der Waals surface area contributed by atoms with Crippen LogP contribution in [-0.2, 0) is 4.79 Å². The smallest absolute Gasteiger partial charge is 0.276 e. The van der Waals surface area contributed by atoms with Gasteiger partial charge in [0.2, 0.25) is 5.91 Å². The normalized spacial score (nSPS) is 18.2. The Morgan fingerprint density at radius 1 is 1.56 bits per heavy atom. The Labute approximate surface area is 51.1 Å². The lowest BCUT2D eigenvalue weighted by Crippen LogP contribution is -2.34. The molecule has 0 aliphatic carbocycles. The molecule has 0 fully saturated rings. The van der Waals surface area contributed by atoms with Crippen molar-refractivity contribution in [2.45, 2.75) is 6.42 Å². The molecule has 0 aromatic carbocycles. The Morgan fingerprint density at radius 3 is 3.11 bits per heavy atom. The van der Waals surface area contributed by atoms with Gasteiger partial charge in [-0.3, -0.25) is 10.1 Å². The van der Waals surface area contributed by atoms with Crippen LogP contribution in [0.15, 0.2) is 5.10 Å². The predicted molar refractivity (Wildman–Crippen MR) is 29.8 cm³/mol. The Kier molecular flexibility index (Phi) is 1.44. The highest BCUT2D eigenvalue weighted by Crippen LogP contribution is 1.79. The second-order valence-corrected chi connectivity index (χ2v) is 1.50. The molecule has 0 radical (unpaired) electrons. The summed E-state index contributed by atoms with van der Waals surface area (Å²) in [6, 6.07) is -0.575. The molecule has 0 unspecified atom stereocenters. The van der Waals surface area contributed by atoms with Gasteiger partial charge in [0.1, 0.15) is 0 Å². The number of rotatable bonds is 0. The third kappa shape index (κ3) is 1.52. The molecule has 0 aromatic rings. The molecule has 1 aliphatic heterocycles. The molecule has 1 rings (SSSR count). The van der Waals surface area contributed by atoms with Crippen molar-refractivity contribution in [1.82, 2.24) is 10.7 Å². The number of amides is 3. The average Bonchev–Trinajstić information content (AvgIpc) is 1.93. The maximum Gasteiger partial charge on any atom is 0.341 e. The van der Waals surface area contributed by atoms with Gasteiger partial charge in [-0.15, -0.1) is 0 Å². The van der Waals surface area contributed by atoms with Crippen LogP contribution in [0.5, 0.6) is 0 Å². The van der Waals surface area contributed by atoms with Crippen LogP contribution in [0.3, 0.4) is 0 Å². The first kappa shape index (κ1) is 5.74. The largest absolute Gasteiger partial charge is 0.341 e. The van der Waals surface area contributed by atoms with Crippen molar-refractivity contribution in [1.29, 1.82) is 0 Å². The van der Waals surface area contributed by atoms with Gasteiger partial charge in [0.05, 0.1) is 6.42 Å². The SMILES string of the molecule is O=C1CC=NNC(=O)N1. The summed E-state index contributed by atoms with van der Waals surface area (Å²) in [6.07, 6.45) is 1.49. The number of hydrogen-bond acceptors (Lipinski definition) is 3. The summed E-state index contributed by atoms with van der Waals surface area (Å²) in [5, 5.41) is 5.42. The first-order valence-corrected chi connectivity index (χ1v) is 2.40. The molecule has 0 saturated carbocycles. The van der Waals surface area contributed by atoms with Crippen molar-refractivity contribution in [2.24, 2.45) is 5.10 Å². The quantitative estimate of drug-likeness (QED) is 0.447. The summed E-state index contributed by atoms with van der Waals surface area (Å²) in [4.78, 5) is 20.8. The number of carbonyl (C=O) groups excluding carboxylic acids is 2. The lowest BCUT2D eigenvalue weighted by atomic mass is 10.4. The predicted octanol–water partition coefficient (Wildman–Crippen LogP) is -0.798. The molecule has 5 heteroatoms. The average molecular weight is 127 g/mol. The maximum absolute atomic E-state index is 10.4. The van der Waals surface area contributed by atoms with E-state index in [0.717, 1.165) is 0 Å². The first-order valence-electron chi connectivity index (χ1n) is 2.40. The number of carbonyl (C=O) groups is 2. The van der Waals surface area contributed by atoms with E-state index in [4.69, 9.17) is 0 Å². The maximum atomic E-state index is 10.4. The monoisotopic (exact) mass is 127 g/mol. The minimum atomic E-state index is -0.575. The van der Waals surface area contributed by atoms with Gasteiger partial charge < -0.3 is 0 Å². The van der Waals surface area contributed by atoms with Gasteiger partial charge in [0.15, 0.2) is 0 Å². The summed E-state index contributed by atoms with van der Waals surface area (Å²) < 4.78 is 0. The van der Waals surface area contributed by atoms with E-state index in [1.807, 2.05) is 5.32 Å². The van der Waals surface area contributed by atoms with Crippen molar-refractivity contribution < 1.29 is 9.59 Å². The van der Waals surface area contributed by atoms with Crippen LogP contribution in [0.25, 0.3) is 0 Å². The minimum Gasteiger partial charge on any atom is -0.276 e. The molecular formula is C4H5N3O2. The Balaban J connectivity index is 2.60. The van der Waals surface area contributed by atoms with Gasteiger partial charge >= 0.3 is 6.03 Å². The zero-order valence-corrected chi connectivity index (χ0v) is 4.55. The fourth-order valence-corrected chi connectivity index (χ4v) is 0.438. The van der Waals surface area contributed by atoms with Gasteiger partial charge in [-0.25, -0.2) is 10.2 Å². The summed E-state index contributed by atoms with van der Waals surface area (Å²) in [6.45, 7) is 0. The number of hydrogen-bond donors (Lipinski definition) is 2. The molecule has 48 valence electrons. The van der Waals surface area contributed by atoms with E-state index in [9.17, 15) is 9.59 Å². The highest BCUT2D eigenvalue weighted by Gasteiger charge is 2.07. The molecule has 0 spiro atoms. The highest BCUT2D eigenvalue weighted by molar-refractivity contribution is 6.01. The van der Waals surface area contributed by atoms with Crippen molar-refractivity contribution in [3.63, 3.8) is 0 Å². The van der Waals surface area contributed by atoms with Gasteiger partial charge in [0, 0.05) is 6.21 Å². The van der Waals surface area contributed by atoms with Crippen LogP contribution < -0.4 is 10.7 Å². The Hall–Kier alpha value is -1.39. The van der Waals surface area contributed by atoms with Gasteiger partial charge in [-0.2, -0.15) is 5.10 Å².